The van der Waals surface area contributed by atoms with Crippen LogP contribution in [0.4, 0.5) is 0 Å². The summed E-state index contributed by atoms with van der Waals surface area (Å²) in [5, 5.41) is 14.1. The summed E-state index contributed by atoms with van der Waals surface area (Å²) in [6.07, 6.45) is 1.49. The van der Waals surface area contributed by atoms with Crippen LogP contribution in [0.2, 0.25) is 0 Å². The van der Waals surface area contributed by atoms with Crippen molar-refractivity contribution in [2.24, 2.45) is 5.92 Å². The van der Waals surface area contributed by atoms with E-state index >= 15 is 0 Å². The maximum Gasteiger partial charge on any atom is 0.245 e. The predicted molar refractivity (Wildman–Crippen MR) is 111 cm³/mol. The van der Waals surface area contributed by atoms with Crippen molar-refractivity contribution in [2.45, 2.75) is 30.6 Å². The van der Waals surface area contributed by atoms with Crippen LogP contribution in [0.1, 0.15) is 25.7 Å². The summed E-state index contributed by atoms with van der Waals surface area (Å²) in [6.45, 7) is 1.13. The third-order valence-corrected chi connectivity index (χ3v) is 7.47. The fraction of sp³-hybridized carbons (Fsp3) is 0.556. The topological polar surface area (TPSA) is 142 Å². The van der Waals surface area contributed by atoms with Gasteiger partial charge in [0.1, 0.15) is 15.9 Å². The van der Waals surface area contributed by atoms with E-state index in [1.165, 1.54) is 10.4 Å². The molecule has 1 aromatic heterocycles. The Balaban J connectivity index is 1.49. The molecule has 0 radical (unpaired) electrons. The molecule has 0 spiro atoms. The average Bonchev–Trinajstić information content (AvgIpc) is 3.22. The first-order chi connectivity index (χ1) is 14.4. The van der Waals surface area contributed by atoms with Crippen molar-refractivity contribution >= 4 is 44.6 Å². The minimum absolute atomic E-state index is 0.0151. The van der Waals surface area contributed by atoms with E-state index in [4.69, 9.17) is 5.11 Å². The number of carbonyl (C=O) groups is 2. The van der Waals surface area contributed by atoms with Crippen molar-refractivity contribution in [1.82, 2.24) is 23.7 Å². The van der Waals surface area contributed by atoms with Gasteiger partial charge in [-0.05, 0) is 31.4 Å². The molecule has 164 valence electrons. The Morgan fingerprint density at radius 1 is 1.17 bits per heavy atom. The van der Waals surface area contributed by atoms with Gasteiger partial charge in [-0.2, -0.15) is 13.1 Å². The lowest BCUT2D eigenvalue weighted by atomic mass is 9.97. The van der Waals surface area contributed by atoms with Crippen molar-refractivity contribution in [3.05, 3.63) is 18.2 Å². The first-order valence-electron chi connectivity index (χ1n) is 9.80. The fourth-order valence-corrected chi connectivity index (χ4v) is 5.55. The molecule has 1 saturated heterocycles. The summed E-state index contributed by atoms with van der Waals surface area (Å²) in [5.41, 5.74) is 0.926. The molecule has 3 N–H and O–H groups in total. The summed E-state index contributed by atoms with van der Waals surface area (Å²) in [5.74, 6) is -0.637. The highest BCUT2D eigenvalue weighted by Gasteiger charge is 2.33. The van der Waals surface area contributed by atoms with Gasteiger partial charge in [-0.25, -0.2) is 8.42 Å². The van der Waals surface area contributed by atoms with Crippen molar-refractivity contribution in [1.29, 1.82) is 0 Å². The quantitative estimate of drug-likeness (QED) is 0.455. The third kappa shape index (κ3) is 5.31. The van der Waals surface area contributed by atoms with Crippen LogP contribution in [0.25, 0.3) is 11.0 Å². The predicted octanol–water partition coefficient (Wildman–Crippen LogP) is 0.0969. The van der Waals surface area contributed by atoms with Gasteiger partial charge in [0, 0.05) is 45.1 Å². The van der Waals surface area contributed by atoms with Gasteiger partial charge in [0.25, 0.3) is 0 Å². The molecule has 3 rings (SSSR count). The van der Waals surface area contributed by atoms with E-state index < -0.39 is 10.0 Å². The average molecular weight is 456 g/mol. The number of fused-ring (bicyclic) bond motifs is 1. The molecule has 1 fully saturated rings. The number of aliphatic hydroxyl groups excluding tert-OH is 1. The monoisotopic (exact) mass is 455 g/mol. The number of benzene rings is 1. The molecule has 0 saturated carbocycles. The lowest BCUT2D eigenvalue weighted by Gasteiger charge is -2.30. The molecule has 0 unspecified atom stereocenters. The van der Waals surface area contributed by atoms with Gasteiger partial charge in [-0.15, -0.1) is 0 Å². The van der Waals surface area contributed by atoms with Crippen molar-refractivity contribution in [3.63, 3.8) is 0 Å². The first kappa shape index (κ1) is 22.5. The zero-order valence-corrected chi connectivity index (χ0v) is 18.0. The minimum Gasteiger partial charge on any atom is -0.396 e. The first-order valence-corrected chi connectivity index (χ1v) is 12.0. The van der Waals surface area contributed by atoms with E-state index in [0.29, 0.717) is 36.8 Å². The van der Waals surface area contributed by atoms with Crippen LogP contribution in [0.15, 0.2) is 23.1 Å². The van der Waals surface area contributed by atoms with Crippen molar-refractivity contribution in [3.8, 4) is 0 Å². The van der Waals surface area contributed by atoms with Crippen molar-refractivity contribution in [2.75, 3.05) is 32.8 Å². The van der Waals surface area contributed by atoms with Gasteiger partial charge >= 0.3 is 0 Å². The molecule has 1 aromatic carbocycles. The maximum atomic E-state index is 13.0. The van der Waals surface area contributed by atoms with Crippen LogP contribution >= 0.6 is 11.7 Å². The smallest absolute Gasteiger partial charge is 0.245 e. The standard InChI is InChI=1S/C18H25N5O5S2/c24-12-2-8-19-16(25)5-9-20-18(26)13-6-10-23(11-7-13)30(27,28)15-4-1-3-14-17(15)22-29-21-14/h1,3-4,13,24H,2,5-12H2,(H,19,25)(H,20,26). The number of hydrogen-bond donors (Lipinski definition) is 3. The SMILES string of the molecule is O=C(CCNC(=O)C1CCN(S(=O)(=O)c2cccc3nsnc23)CC1)NCCCO. The number of hydrogen-bond acceptors (Lipinski definition) is 8. The summed E-state index contributed by atoms with van der Waals surface area (Å²) < 4.78 is 35.7. The zero-order valence-electron chi connectivity index (χ0n) is 16.4. The summed E-state index contributed by atoms with van der Waals surface area (Å²) in [4.78, 5) is 24.1. The van der Waals surface area contributed by atoms with E-state index in [9.17, 15) is 18.0 Å². The van der Waals surface area contributed by atoms with Gasteiger partial charge in [-0.3, -0.25) is 9.59 Å². The Morgan fingerprint density at radius 2 is 1.93 bits per heavy atom. The number of carbonyl (C=O) groups excluding carboxylic acids is 2. The largest absolute Gasteiger partial charge is 0.396 e. The second-order valence-corrected chi connectivity index (χ2v) is 9.47. The molecule has 1 aliphatic heterocycles. The van der Waals surface area contributed by atoms with Crippen LogP contribution < -0.4 is 10.6 Å². The van der Waals surface area contributed by atoms with Crippen molar-refractivity contribution < 1.29 is 23.1 Å². The highest BCUT2D eigenvalue weighted by atomic mass is 32.2. The molecule has 12 heteroatoms. The second-order valence-electron chi connectivity index (χ2n) is 7.03. The number of rotatable bonds is 9. The second kappa shape index (κ2) is 10.2. The van der Waals surface area contributed by atoms with Gasteiger partial charge < -0.3 is 15.7 Å². The number of nitrogens with one attached hydrogen (secondary N) is 2. The van der Waals surface area contributed by atoms with Gasteiger partial charge in [-0.1, -0.05) is 6.07 Å². The molecular formula is C18H25N5O5S2. The Kier molecular flexibility index (Phi) is 7.69. The summed E-state index contributed by atoms with van der Waals surface area (Å²) in [6, 6.07) is 4.90. The van der Waals surface area contributed by atoms with Crippen LogP contribution in [0.5, 0.6) is 0 Å². The van der Waals surface area contributed by atoms with Gasteiger partial charge in [0.2, 0.25) is 21.8 Å². The highest BCUT2D eigenvalue weighted by molar-refractivity contribution is 7.89. The Labute approximate surface area is 179 Å². The molecule has 0 aliphatic carbocycles. The molecule has 0 bridgehead atoms. The van der Waals surface area contributed by atoms with E-state index in [1.54, 1.807) is 12.1 Å². The normalized spacial score (nSPS) is 15.9. The van der Waals surface area contributed by atoms with Crippen LogP contribution in [-0.2, 0) is 19.6 Å². The molecule has 2 aromatic rings. The molecule has 1 aliphatic rings. The highest BCUT2D eigenvalue weighted by Crippen LogP contribution is 2.28. The third-order valence-electron chi connectivity index (χ3n) is 5.00. The van der Waals surface area contributed by atoms with Gasteiger partial charge in [0.15, 0.2) is 0 Å². The number of aromatic nitrogens is 2. The number of piperidine rings is 1. The summed E-state index contributed by atoms with van der Waals surface area (Å²) >= 11 is 0.974. The molecule has 30 heavy (non-hydrogen) atoms. The molecular weight excluding hydrogens is 430 g/mol. The Hall–Kier alpha value is -2.15. The van der Waals surface area contributed by atoms with E-state index in [-0.39, 0.29) is 55.3 Å². The molecule has 10 nitrogen and oxygen atoms in total. The lowest BCUT2D eigenvalue weighted by molar-refractivity contribution is -0.126. The minimum atomic E-state index is -3.71. The molecule has 2 heterocycles. The number of sulfonamides is 1. The molecule has 2 amide bonds. The fourth-order valence-electron chi connectivity index (χ4n) is 3.33. The number of nitrogens with zero attached hydrogens (tertiary/aromatic N) is 3. The number of aliphatic hydroxyl groups is 1. The van der Waals surface area contributed by atoms with E-state index in [0.717, 1.165) is 11.7 Å². The summed E-state index contributed by atoms with van der Waals surface area (Å²) in [7, 11) is -3.71. The zero-order chi connectivity index (χ0) is 21.6. The maximum absolute atomic E-state index is 13.0. The van der Waals surface area contributed by atoms with Crippen LogP contribution in [-0.4, -0.2) is 71.2 Å². The van der Waals surface area contributed by atoms with Crippen LogP contribution in [0, 0.1) is 5.92 Å². The van der Waals surface area contributed by atoms with E-state index in [1.807, 2.05) is 0 Å². The lowest BCUT2D eigenvalue weighted by Crippen LogP contribution is -2.43. The van der Waals surface area contributed by atoms with Crippen LogP contribution in [0.3, 0.4) is 0 Å². The molecule has 0 atom stereocenters. The number of amides is 2. The Morgan fingerprint density at radius 3 is 2.67 bits per heavy atom. The Bertz CT molecular complexity index is 986. The van der Waals surface area contributed by atoms with Gasteiger partial charge in [0.05, 0.1) is 11.7 Å². The van der Waals surface area contributed by atoms with E-state index in [2.05, 4.69) is 19.4 Å².